The molecule has 0 spiro atoms. The van der Waals surface area contributed by atoms with Crippen LogP contribution in [0.25, 0.3) is 5.57 Å². The number of nitrogens with zero attached hydrogens (tertiary/aromatic N) is 1. The number of aromatic nitrogens is 2. The molecule has 1 aliphatic rings. The third-order valence-electron chi connectivity index (χ3n) is 2.92. The second kappa shape index (κ2) is 3.95. The smallest absolute Gasteiger partial charge is 0.273 e. The van der Waals surface area contributed by atoms with Gasteiger partial charge in [0.1, 0.15) is 5.69 Å². The maximum atomic E-state index is 12.5. The second-order valence-electron chi connectivity index (χ2n) is 4.24. The van der Waals surface area contributed by atoms with E-state index in [4.69, 9.17) is 0 Å². The van der Waals surface area contributed by atoms with Crippen LogP contribution in [0.3, 0.4) is 0 Å². The molecule has 20 heavy (non-hydrogen) atoms. The Balaban J connectivity index is 2.15. The number of rotatable bonds is 1. The van der Waals surface area contributed by atoms with Gasteiger partial charge >= 0.3 is 6.18 Å². The van der Waals surface area contributed by atoms with Gasteiger partial charge < -0.3 is 0 Å². The van der Waals surface area contributed by atoms with Crippen molar-refractivity contribution >= 4 is 15.4 Å². The predicted molar refractivity (Wildman–Crippen MR) is 64.3 cm³/mol. The number of hydrogen-bond donors (Lipinski definition) is 1. The maximum Gasteiger partial charge on any atom is 0.432 e. The molecule has 0 saturated carbocycles. The number of fused-ring (bicyclic) bond motifs is 1. The van der Waals surface area contributed by atoms with E-state index in [1.807, 2.05) is 5.10 Å². The van der Waals surface area contributed by atoms with Gasteiger partial charge in [0, 0.05) is 16.5 Å². The lowest BCUT2D eigenvalue weighted by Crippen LogP contribution is -2.04. The van der Waals surface area contributed by atoms with Gasteiger partial charge in [-0.05, 0) is 12.1 Å². The van der Waals surface area contributed by atoms with Gasteiger partial charge in [-0.1, -0.05) is 18.2 Å². The number of alkyl halides is 3. The van der Waals surface area contributed by atoms with Crippen LogP contribution in [0.1, 0.15) is 17.0 Å². The number of H-pyrrole nitrogens is 1. The van der Waals surface area contributed by atoms with Crippen LogP contribution >= 0.6 is 0 Å². The molecule has 4 nitrogen and oxygen atoms in total. The van der Waals surface area contributed by atoms with Gasteiger partial charge in [0.15, 0.2) is 0 Å². The molecule has 2 heterocycles. The van der Waals surface area contributed by atoms with Crippen molar-refractivity contribution < 1.29 is 21.6 Å². The van der Waals surface area contributed by atoms with E-state index in [-0.39, 0.29) is 16.2 Å². The third kappa shape index (κ3) is 1.92. The van der Waals surface area contributed by atoms with Crippen molar-refractivity contribution in [2.24, 2.45) is 0 Å². The Hall–Kier alpha value is -2.09. The summed E-state index contributed by atoms with van der Waals surface area (Å²) in [6.07, 6.45) is -4.55. The molecular formula is C12H7F3N2O2S. The van der Waals surface area contributed by atoms with Crippen LogP contribution in [-0.2, 0) is 16.0 Å². The number of sulfone groups is 1. The summed E-state index contributed by atoms with van der Waals surface area (Å²) in [6, 6.07) is 6.91. The van der Waals surface area contributed by atoms with Crippen LogP contribution in [0, 0.1) is 0 Å². The van der Waals surface area contributed by atoms with Crippen LogP contribution in [0.15, 0.2) is 40.6 Å². The first-order valence-corrected chi connectivity index (χ1v) is 7.03. The second-order valence-corrected chi connectivity index (χ2v) is 6.00. The predicted octanol–water partition coefficient (Wildman–Crippen LogP) is 2.61. The van der Waals surface area contributed by atoms with E-state index in [0.29, 0.717) is 5.56 Å². The lowest BCUT2D eigenvalue weighted by Gasteiger charge is -2.01. The molecule has 1 aliphatic heterocycles. The van der Waals surface area contributed by atoms with Gasteiger partial charge in [-0.2, -0.15) is 18.3 Å². The molecule has 0 bridgehead atoms. The lowest BCUT2D eigenvalue weighted by molar-refractivity contribution is -0.141. The van der Waals surface area contributed by atoms with E-state index in [2.05, 4.69) is 5.10 Å². The highest BCUT2D eigenvalue weighted by atomic mass is 32.2. The Kier molecular flexibility index (Phi) is 2.55. The minimum Gasteiger partial charge on any atom is -0.273 e. The van der Waals surface area contributed by atoms with E-state index in [9.17, 15) is 21.6 Å². The number of hydrogen-bond acceptors (Lipinski definition) is 3. The molecule has 1 aromatic carbocycles. The van der Waals surface area contributed by atoms with Crippen LogP contribution in [0.5, 0.6) is 0 Å². The lowest BCUT2D eigenvalue weighted by atomic mass is 10.0. The molecule has 1 N–H and O–H groups in total. The molecule has 0 amide bonds. The van der Waals surface area contributed by atoms with Gasteiger partial charge in [0.2, 0.25) is 9.84 Å². The van der Waals surface area contributed by atoms with Crippen LogP contribution in [-0.4, -0.2) is 18.6 Å². The molecular weight excluding hydrogens is 293 g/mol. The molecule has 3 rings (SSSR count). The summed E-state index contributed by atoms with van der Waals surface area (Å²) in [7, 11) is -3.63. The zero-order valence-electron chi connectivity index (χ0n) is 9.77. The Morgan fingerprint density at radius 3 is 2.50 bits per heavy atom. The monoisotopic (exact) mass is 300 g/mol. The van der Waals surface area contributed by atoms with E-state index >= 15 is 0 Å². The van der Waals surface area contributed by atoms with Crippen LogP contribution < -0.4 is 0 Å². The molecule has 0 fully saturated rings. The van der Waals surface area contributed by atoms with Gasteiger partial charge in [0.05, 0.1) is 10.6 Å². The minimum absolute atomic E-state index is 0.0501. The summed E-state index contributed by atoms with van der Waals surface area (Å²) in [5, 5.41) is 6.36. The first kappa shape index (κ1) is 12.9. The fourth-order valence-corrected chi connectivity index (χ4v) is 3.46. The number of nitrogens with one attached hydrogen (secondary N) is 1. The van der Waals surface area contributed by atoms with Crippen molar-refractivity contribution in [3.8, 4) is 0 Å². The summed E-state index contributed by atoms with van der Waals surface area (Å²) in [5.74, 6) is 0. The zero-order chi connectivity index (χ0) is 14.5. The van der Waals surface area contributed by atoms with Crippen molar-refractivity contribution in [2.45, 2.75) is 11.1 Å². The van der Waals surface area contributed by atoms with Crippen molar-refractivity contribution in [2.75, 3.05) is 0 Å². The first-order chi connectivity index (χ1) is 9.29. The fraction of sp³-hybridized carbons (Fsp3) is 0.0833. The number of aromatic amines is 1. The molecule has 0 aliphatic carbocycles. The highest BCUT2D eigenvalue weighted by Gasteiger charge is 2.35. The van der Waals surface area contributed by atoms with Crippen molar-refractivity contribution in [1.29, 1.82) is 0 Å². The average molecular weight is 300 g/mol. The van der Waals surface area contributed by atoms with E-state index in [1.165, 1.54) is 12.1 Å². The normalized spacial score (nSPS) is 16.9. The average Bonchev–Trinajstić information content (AvgIpc) is 2.93. The van der Waals surface area contributed by atoms with Gasteiger partial charge in [0.25, 0.3) is 0 Å². The molecule has 1 aromatic heterocycles. The number of benzene rings is 1. The van der Waals surface area contributed by atoms with Gasteiger partial charge in [-0.15, -0.1) is 0 Å². The topological polar surface area (TPSA) is 62.8 Å². The third-order valence-corrected chi connectivity index (χ3v) is 4.43. The van der Waals surface area contributed by atoms with Crippen molar-refractivity contribution in [3.63, 3.8) is 0 Å². The quantitative estimate of drug-likeness (QED) is 0.880. The van der Waals surface area contributed by atoms with E-state index < -0.39 is 21.7 Å². The number of halogens is 3. The SMILES string of the molecule is O=S1(=O)C=C(c2cc(C(F)(F)F)[nH]n2)c2ccccc21. The Labute approximate surface area is 111 Å². The largest absolute Gasteiger partial charge is 0.432 e. The van der Waals surface area contributed by atoms with Crippen molar-refractivity contribution in [1.82, 2.24) is 10.2 Å². The summed E-state index contributed by atoms with van der Waals surface area (Å²) in [5.41, 5.74) is -0.555. The first-order valence-electron chi connectivity index (χ1n) is 5.48. The fourth-order valence-electron chi connectivity index (χ4n) is 2.02. The summed E-state index contributed by atoms with van der Waals surface area (Å²) >= 11 is 0. The highest BCUT2D eigenvalue weighted by Crippen LogP contribution is 2.38. The van der Waals surface area contributed by atoms with Crippen LogP contribution in [0.2, 0.25) is 0 Å². The summed E-state index contributed by atoms with van der Waals surface area (Å²) in [6.45, 7) is 0. The Morgan fingerprint density at radius 2 is 1.85 bits per heavy atom. The van der Waals surface area contributed by atoms with E-state index in [1.54, 1.807) is 12.1 Å². The maximum absolute atomic E-state index is 12.5. The summed E-state index contributed by atoms with van der Waals surface area (Å²) in [4.78, 5) is 0.0755. The Morgan fingerprint density at radius 1 is 1.15 bits per heavy atom. The van der Waals surface area contributed by atoms with Crippen LogP contribution in [0.4, 0.5) is 13.2 Å². The molecule has 0 saturated heterocycles. The Bertz CT molecular complexity index is 819. The zero-order valence-corrected chi connectivity index (χ0v) is 10.6. The molecule has 104 valence electrons. The molecule has 0 radical (unpaired) electrons. The standard InChI is InChI=1S/C12H7F3N2O2S/c13-12(14,15)11-5-9(16-17-11)8-6-20(18,19)10-4-2-1-3-7(8)10/h1-6H,(H,16,17). The van der Waals surface area contributed by atoms with Crippen molar-refractivity contribution in [3.05, 3.63) is 52.7 Å². The van der Waals surface area contributed by atoms with E-state index in [0.717, 1.165) is 11.5 Å². The molecule has 8 heteroatoms. The molecule has 0 atom stereocenters. The minimum atomic E-state index is -4.55. The highest BCUT2D eigenvalue weighted by molar-refractivity contribution is 7.95. The molecule has 0 unspecified atom stereocenters. The summed E-state index contributed by atoms with van der Waals surface area (Å²) < 4.78 is 61.4. The van der Waals surface area contributed by atoms with Gasteiger partial charge in [-0.25, -0.2) is 8.42 Å². The molecule has 2 aromatic rings. The van der Waals surface area contributed by atoms with Gasteiger partial charge in [-0.3, -0.25) is 5.10 Å².